The lowest BCUT2D eigenvalue weighted by atomic mass is 10.1. The van der Waals surface area contributed by atoms with E-state index in [-0.39, 0.29) is 18.7 Å². The molecule has 0 saturated carbocycles. The molecule has 21 heavy (non-hydrogen) atoms. The number of carbonyl (C=O) groups is 2. The van der Waals surface area contributed by atoms with Crippen molar-refractivity contribution in [1.29, 1.82) is 0 Å². The zero-order valence-corrected chi connectivity index (χ0v) is 12.8. The highest BCUT2D eigenvalue weighted by atomic mass is 16.4. The van der Waals surface area contributed by atoms with Crippen molar-refractivity contribution < 1.29 is 14.7 Å². The normalized spacial score (nSPS) is 11.0. The van der Waals surface area contributed by atoms with E-state index in [0.717, 1.165) is 19.5 Å². The molecule has 5 nitrogen and oxygen atoms in total. The average Bonchev–Trinajstić information content (AvgIpc) is 2.45. The molecule has 1 aromatic rings. The van der Waals surface area contributed by atoms with Crippen molar-refractivity contribution in [2.75, 3.05) is 40.3 Å². The van der Waals surface area contributed by atoms with Crippen LogP contribution in [0.1, 0.15) is 23.2 Å². The third kappa shape index (κ3) is 7.58. The molecule has 5 heteroatoms. The maximum atomic E-state index is 12.2. The molecule has 1 N–H and O–H groups in total. The van der Waals surface area contributed by atoms with E-state index in [9.17, 15) is 9.59 Å². The van der Waals surface area contributed by atoms with Crippen LogP contribution in [0.25, 0.3) is 0 Å². The SMILES string of the molecule is CN(C)CCCN(CCC(=O)O)CC(=O)c1ccccc1. The molecule has 0 aliphatic heterocycles. The summed E-state index contributed by atoms with van der Waals surface area (Å²) in [6.07, 6.45) is 0.971. The molecule has 0 spiro atoms. The van der Waals surface area contributed by atoms with Gasteiger partial charge in [0.2, 0.25) is 0 Å². The molecule has 0 aliphatic carbocycles. The molecule has 0 saturated heterocycles. The van der Waals surface area contributed by atoms with Crippen molar-refractivity contribution in [2.24, 2.45) is 0 Å². The number of hydrogen-bond donors (Lipinski definition) is 1. The summed E-state index contributed by atoms with van der Waals surface area (Å²) in [7, 11) is 3.99. The first kappa shape index (κ1) is 17.3. The average molecular weight is 292 g/mol. The molecule has 1 aromatic carbocycles. The standard InChI is InChI=1S/C16H24N2O3/c1-17(2)10-6-11-18(12-9-16(20)21)13-15(19)14-7-4-3-5-8-14/h3-5,7-8H,6,9-13H2,1-2H3,(H,20,21). The van der Waals surface area contributed by atoms with E-state index >= 15 is 0 Å². The highest BCUT2D eigenvalue weighted by molar-refractivity contribution is 5.97. The second kappa shape index (κ2) is 9.26. The van der Waals surface area contributed by atoms with Crippen molar-refractivity contribution in [2.45, 2.75) is 12.8 Å². The Morgan fingerprint density at radius 3 is 2.29 bits per heavy atom. The highest BCUT2D eigenvalue weighted by Gasteiger charge is 2.13. The lowest BCUT2D eigenvalue weighted by Crippen LogP contribution is -2.34. The third-order valence-electron chi connectivity index (χ3n) is 3.18. The number of aliphatic carboxylic acids is 1. The first-order chi connectivity index (χ1) is 9.99. The fourth-order valence-electron chi connectivity index (χ4n) is 2.05. The summed E-state index contributed by atoms with van der Waals surface area (Å²) >= 11 is 0. The Hall–Kier alpha value is -1.72. The molecular formula is C16H24N2O3. The Morgan fingerprint density at radius 1 is 1.05 bits per heavy atom. The van der Waals surface area contributed by atoms with Crippen LogP contribution < -0.4 is 0 Å². The molecule has 0 aliphatic rings. The van der Waals surface area contributed by atoms with Crippen LogP contribution in [-0.2, 0) is 4.79 Å². The minimum Gasteiger partial charge on any atom is -0.481 e. The van der Waals surface area contributed by atoms with E-state index in [4.69, 9.17) is 5.11 Å². The first-order valence-electron chi connectivity index (χ1n) is 7.16. The van der Waals surface area contributed by atoms with Crippen molar-refractivity contribution in [3.63, 3.8) is 0 Å². The van der Waals surface area contributed by atoms with Crippen LogP contribution in [0.2, 0.25) is 0 Å². The minimum atomic E-state index is -0.834. The maximum Gasteiger partial charge on any atom is 0.304 e. The van der Waals surface area contributed by atoms with Gasteiger partial charge in [0.15, 0.2) is 5.78 Å². The Bertz CT molecular complexity index is 446. The largest absolute Gasteiger partial charge is 0.481 e. The highest BCUT2D eigenvalue weighted by Crippen LogP contribution is 2.04. The van der Waals surface area contributed by atoms with E-state index in [0.29, 0.717) is 12.1 Å². The van der Waals surface area contributed by atoms with Crippen LogP contribution in [0.15, 0.2) is 30.3 Å². The van der Waals surface area contributed by atoms with Crippen molar-refractivity contribution >= 4 is 11.8 Å². The number of carboxylic acid groups (broad SMARTS) is 1. The van der Waals surface area contributed by atoms with Crippen molar-refractivity contribution in [3.8, 4) is 0 Å². The monoisotopic (exact) mass is 292 g/mol. The summed E-state index contributed by atoms with van der Waals surface area (Å²) in [6, 6.07) is 9.12. The van der Waals surface area contributed by atoms with E-state index in [1.54, 1.807) is 12.1 Å². The number of ketones is 1. The number of rotatable bonds is 10. The van der Waals surface area contributed by atoms with Crippen LogP contribution in [0, 0.1) is 0 Å². The molecule has 0 fully saturated rings. The van der Waals surface area contributed by atoms with Gasteiger partial charge in [0.05, 0.1) is 13.0 Å². The Morgan fingerprint density at radius 2 is 1.71 bits per heavy atom. The molecule has 0 unspecified atom stereocenters. The van der Waals surface area contributed by atoms with Gasteiger partial charge in [-0.05, 0) is 33.6 Å². The molecule has 1 rings (SSSR count). The van der Waals surface area contributed by atoms with Gasteiger partial charge < -0.3 is 10.0 Å². The van der Waals surface area contributed by atoms with Crippen molar-refractivity contribution in [1.82, 2.24) is 9.80 Å². The van der Waals surface area contributed by atoms with E-state index in [2.05, 4.69) is 4.90 Å². The molecule has 0 aromatic heterocycles. The molecular weight excluding hydrogens is 268 g/mol. The molecule has 0 bridgehead atoms. The van der Waals surface area contributed by atoms with Crippen LogP contribution in [0.3, 0.4) is 0 Å². The zero-order chi connectivity index (χ0) is 15.7. The second-order valence-electron chi connectivity index (χ2n) is 5.37. The zero-order valence-electron chi connectivity index (χ0n) is 12.8. The van der Waals surface area contributed by atoms with Gasteiger partial charge in [-0.25, -0.2) is 0 Å². The fraction of sp³-hybridized carbons (Fsp3) is 0.500. The Labute approximate surface area is 126 Å². The van der Waals surface area contributed by atoms with Crippen LogP contribution >= 0.6 is 0 Å². The number of carboxylic acids is 1. The van der Waals surface area contributed by atoms with Gasteiger partial charge in [0.25, 0.3) is 0 Å². The van der Waals surface area contributed by atoms with Gasteiger partial charge in [-0.3, -0.25) is 14.5 Å². The smallest absolute Gasteiger partial charge is 0.304 e. The predicted molar refractivity (Wildman–Crippen MR) is 82.6 cm³/mol. The van der Waals surface area contributed by atoms with Gasteiger partial charge in [-0.1, -0.05) is 30.3 Å². The van der Waals surface area contributed by atoms with E-state index < -0.39 is 5.97 Å². The Balaban J connectivity index is 2.54. The summed E-state index contributed by atoms with van der Waals surface area (Å²) in [5.74, 6) is -0.800. The maximum absolute atomic E-state index is 12.2. The lowest BCUT2D eigenvalue weighted by molar-refractivity contribution is -0.137. The summed E-state index contributed by atoms with van der Waals surface area (Å²) in [6.45, 7) is 2.32. The predicted octanol–water partition coefficient (Wildman–Crippen LogP) is 1.60. The topological polar surface area (TPSA) is 60.9 Å². The number of carbonyl (C=O) groups excluding carboxylic acids is 1. The van der Waals surface area contributed by atoms with Gasteiger partial charge in [-0.15, -0.1) is 0 Å². The minimum absolute atomic E-state index is 0.0332. The number of benzene rings is 1. The summed E-state index contributed by atoms with van der Waals surface area (Å²) in [5, 5.41) is 8.81. The van der Waals surface area contributed by atoms with E-state index in [1.807, 2.05) is 37.2 Å². The molecule has 0 radical (unpaired) electrons. The quantitative estimate of drug-likeness (QED) is 0.664. The Kier molecular flexibility index (Phi) is 7.64. The lowest BCUT2D eigenvalue weighted by Gasteiger charge is -2.21. The number of hydrogen-bond acceptors (Lipinski definition) is 4. The number of nitrogens with zero attached hydrogens (tertiary/aromatic N) is 2. The molecule has 116 valence electrons. The molecule has 0 amide bonds. The molecule has 0 heterocycles. The second-order valence-corrected chi connectivity index (χ2v) is 5.37. The first-order valence-corrected chi connectivity index (χ1v) is 7.16. The van der Waals surface area contributed by atoms with Gasteiger partial charge in [0.1, 0.15) is 0 Å². The third-order valence-corrected chi connectivity index (χ3v) is 3.18. The fourth-order valence-corrected chi connectivity index (χ4v) is 2.05. The molecule has 0 atom stereocenters. The van der Waals surface area contributed by atoms with E-state index in [1.165, 1.54) is 0 Å². The van der Waals surface area contributed by atoms with Crippen molar-refractivity contribution in [3.05, 3.63) is 35.9 Å². The van der Waals surface area contributed by atoms with Crippen LogP contribution in [-0.4, -0.2) is 66.9 Å². The van der Waals surface area contributed by atoms with Crippen LogP contribution in [0.5, 0.6) is 0 Å². The summed E-state index contributed by atoms with van der Waals surface area (Å²) in [5.41, 5.74) is 0.672. The van der Waals surface area contributed by atoms with Crippen LogP contribution in [0.4, 0.5) is 0 Å². The van der Waals surface area contributed by atoms with Gasteiger partial charge in [0, 0.05) is 12.1 Å². The summed E-state index contributed by atoms with van der Waals surface area (Å²) < 4.78 is 0. The number of Topliss-reactive ketones (excluding diaryl/α,β-unsaturated/α-hetero) is 1. The van der Waals surface area contributed by atoms with Gasteiger partial charge >= 0.3 is 5.97 Å². The summed E-state index contributed by atoms with van der Waals surface area (Å²) in [4.78, 5) is 26.9. The van der Waals surface area contributed by atoms with Gasteiger partial charge in [-0.2, -0.15) is 0 Å².